The molecule has 0 bridgehead atoms. The molecule has 3 rings (SSSR count). The van der Waals surface area contributed by atoms with E-state index in [0.717, 1.165) is 17.7 Å². The van der Waals surface area contributed by atoms with Gasteiger partial charge in [0.1, 0.15) is 11.5 Å². The Kier molecular flexibility index (Phi) is 3.95. The fraction of sp³-hybridized carbons (Fsp3) is 0.400. The van der Waals surface area contributed by atoms with Crippen LogP contribution in [-0.4, -0.2) is 29.2 Å². The first-order valence-electron chi connectivity index (χ1n) is 7.16. The molecule has 0 saturated heterocycles. The van der Waals surface area contributed by atoms with Crippen molar-refractivity contribution in [1.82, 2.24) is 10.3 Å². The summed E-state index contributed by atoms with van der Waals surface area (Å²) in [6.45, 7) is 0. The van der Waals surface area contributed by atoms with Crippen LogP contribution in [0.3, 0.4) is 0 Å². The number of carbonyl (C=O) groups is 1. The standard InChI is InChI=1S/C15H18N4O3/c1-21-13-4-2-9(3-5-13)10-6-11(8-12(20)7-10)17-15-14(16)18-22-19-15/h2-5,10-11H,6-8H2,1H3,(H2,16,18)(H,17,19)/t10-,11+/m0/s1. The van der Waals surface area contributed by atoms with Gasteiger partial charge in [-0.15, -0.1) is 0 Å². The fourth-order valence-electron chi connectivity index (χ4n) is 2.87. The van der Waals surface area contributed by atoms with Gasteiger partial charge in [0.15, 0.2) is 0 Å². The van der Waals surface area contributed by atoms with Gasteiger partial charge in [0.25, 0.3) is 0 Å². The predicted octanol–water partition coefficient (Wildman–Crippen LogP) is 1.98. The first-order chi connectivity index (χ1) is 10.7. The number of hydrogen-bond donors (Lipinski definition) is 2. The summed E-state index contributed by atoms with van der Waals surface area (Å²) in [5, 5.41) is 10.4. The van der Waals surface area contributed by atoms with Gasteiger partial charge in [-0.2, -0.15) is 0 Å². The van der Waals surface area contributed by atoms with Gasteiger partial charge >= 0.3 is 0 Å². The number of ether oxygens (including phenoxy) is 1. The van der Waals surface area contributed by atoms with E-state index in [1.165, 1.54) is 0 Å². The Labute approximate surface area is 127 Å². The van der Waals surface area contributed by atoms with E-state index in [-0.39, 0.29) is 23.6 Å². The van der Waals surface area contributed by atoms with Crippen LogP contribution >= 0.6 is 0 Å². The molecule has 116 valence electrons. The molecule has 1 aliphatic carbocycles. The molecule has 0 radical (unpaired) electrons. The summed E-state index contributed by atoms with van der Waals surface area (Å²) in [6.07, 6.45) is 1.83. The SMILES string of the molecule is COc1ccc([C@@H]2CC(=O)C[C@H](Nc3nonc3N)C2)cc1. The summed E-state index contributed by atoms with van der Waals surface area (Å²) in [6, 6.07) is 7.81. The lowest BCUT2D eigenvalue weighted by atomic mass is 9.80. The number of anilines is 2. The second-order valence-corrected chi connectivity index (χ2v) is 5.49. The van der Waals surface area contributed by atoms with Crippen molar-refractivity contribution in [3.63, 3.8) is 0 Å². The minimum absolute atomic E-state index is 0.0254. The fourth-order valence-corrected chi connectivity index (χ4v) is 2.87. The van der Waals surface area contributed by atoms with Crippen molar-refractivity contribution in [2.75, 3.05) is 18.2 Å². The maximum absolute atomic E-state index is 12.0. The highest BCUT2D eigenvalue weighted by molar-refractivity contribution is 5.81. The summed E-state index contributed by atoms with van der Waals surface area (Å²) in [7, 11) is 1.63. The number of nitrogen functional groups attached to an aromatic ring is 1. The second-order valence-electron chi connectivity index (χ2n) is 5.49. The van der Waals surface area contributed by atoms with Crippen molar-refractivity contribution >= 4 is 17.4 Å². The van der Waals surface area contributed by atoms with E-state index < -0.39 is 0 Å². The summed E-state index contributed by atoms with van der Waals surface area (Å²) < 4.78 is 9.73. The number of hydrogen-bond acceptors (Lipinski definition) is 7. The average molecular weight is 302 g/mol. The number of benzene rings is 1. The molecule has 1 saturated carbocycles. The van der Waals surface area contributed by atoms with Crippen molar-refractivity contribution in [3.05, 3.63) is 29.8 Å². The molecule has 1 heterocycles. The second kappa shape index (κ2) is 6.05. The van der Waals surface area contributed by atoms with E-state index in [1.54, 1.807) is 7.11 Å². The number of methoxy groups -OCH3 is 1. The molecule has 7 nitrogen and oxygen atoms in total. The van der Waals surface area contributed by atoms with Gasteiger partial charge < -0.3 is 15.8 Å². The number of nitrogens with zero attached hydrogens (tertiary/aromatic N) is 2. The lowest BCUT2D eigenvalue weighted by Gasteiger charge is -2.29. The zero-order valence-electron chi connectivity index (χ0n) is 12.3. The van der Waals surface area contributed by atoms with Gasteiger partial charge in [0.2, 0.25) is 11.6 Å². The van der Waals surface area contributed by atoms with Crippen LogP contribution in [-0.2, 0) is 4.79 Å². The Hall–Kier alpha value is -2.57. The van der Waals surface area contributed by atoms with Gasteiger partial charge in [0, 0.05) is 18.9 Å². The number of aromatic nitrogens is 2. The molecule has 2 aromatic rings. The molecule has 22 heavy (non-hydrogen) atoms. The molecule has 1 aromatic carbocycles. The molecular weight excluding hydrogens is 284 g/mol. The molecule has 0 amide bonds. The topological polar surface area (TPSA) is 103 Å². The molecule has 1 aromatic heterocycles. The van der Waals surface area contributed by atoms with Crippen molar-refractivity contribution in [2.24, 2.45) is 0 Å². The highest BCUT2D eigenvalue weighted by Crippen LogP contribution is 2.33. The number of ketones is 1. The van der Waals surface area contributed by atoms with Crippen LogP contribution in [0.4, 0.5) is 11.6 Å². The van der Waals surface area contributed by atoms with Crippen LogP contribution < -0.4 is 15.8 Å². The average Bonchev–Trinajstić information content (AvgIpc) is 2.92. The molecule has 2 atom stereocenters. The molecular formula is C15H18N4O3. The summed E-state index contributed by atoms with van der Waals surface area (Å²) in [5.74, 6) is 1.81. The smallest absolute Gasteiger partial charge is 0.215 e. The molecule has 7 heteroatoms. The minimum atomic E-state index is -0.0254. The lowest BCUT2D eigenvalue weighted by Crippen LogP contribution is -2.31. The third kappa shape index (κ3) is 3.03. The normalized spacial score (nSPS) is 21.6. The van der Waals surface area contributed by atoms with Crippen molar-refractivity contribution in [2.45, 2.75) is 31.2 Å². The number of Topliss-reactive ketones (excluding diaryl/α,β-unsaturated/α-hetero) is 1. The van der Waals surface area contributed by atoms with Crippen molar-refractivity contribution in [1.29, 1.82) is 0 Å². The van der Waals surface area contributed by atoms with E-state index in [9.17, 15) is 4.79 Å². The van der Waals surface area contributed by atoms with Crippen LogP contribution in [0.5, 0.6) is 5.75 Å². The quantitative estimate of drug-likeness (QED) is 0.890. The van der Waals surface area contributed by atoms with Crippen LogP contribution in [0, 0.1) is 0 Å². The predicted molar refractivity (Wildman–Crippen MR) is 80.7 cm³/mol. The molecule has 0 spiro atoms. The Bertz CT molecular complexity index is 653. The zero-order chi connectivity index (χ0) is 15.5. The maximum Gasteiger partial charge on any atom is 0.215 e. The van der Waals surface area contributed by atoms with E-state index in [4.69, 9.17) is 10.5 Å². The van der Waals surface area contributed by atoms with E-state index in [2.05, 4.69) is 20.3 Å². The summed E-state index contributed by atoms with van der Waals surface area (Å²) in [5.41, 5.74) is 6.77. The summed E-state index contributed by atoms with van der Waals surface area (Å²) >= 11 is 0. The summed E-state index contributed by atoms with van der Waals surface area (Å²) in [4.78, 5) is 12.0. The first kappa shape index (κ1) is 14.4. The van der Waals surface area contributed by atoms with Gasteiger partial charge in [-0.05, 0) is 40.3 Å². The highest BCUT2D eigenvalue weighted by Gasteiger charge is 2.29. The maximum atomic E-state index is 12.0. The third-order valence-electron chi connectivity index (χ3n) is 3.96. The molecule has 3 N–H and O–H groups in total. The molecule has 0 aliphatic heterocycles. The van der Waals surface area contributed by atoms with E-state index in [1.807, 2.05) is 24.3 Å². The lowest BCUT2D eigenvalue weighted by molar-refractivity contribution is -0.120. The van der Waals surface area contributed by atoms with Crippen molar-refractivity contribution < 1.29 is 14.2 Å². The Morgan fingerprint density at radius 3 is 2.68 bits per heavy atom. The highest BCUT2D eigenvalue weighted by atomic mass is 16.6. The van der Waals surface area contributed by atoms with Crippen LogP contribution in [0.2, 0.25) is 0 Å². The van der Waals surface area contributed by atoms with Gasteiger partial charge in [-0.1, -0.05) is 12.1 Å². The first-order valence-corrected chi connectivity index (χ1v) is 7.16. The number of nitrogens with two attached hydrogens (primary N) is 1. The van der Waals surface area contributed by atoms with E-state index in [0.29, 0.717) is 18.7 Å². The number of carbonyl (C=O) groups excluding carboxylic acids is 1. The Balaban J connectivity index is 1.72. The molecule has 1 aliphatic rings. The minimum Gasteiger partial charge on any atom is -0.497 e. The van der Waals surface area contributed by atoms with Gasteiger partial charge in [0.05, 0.1) is 7.11 Å². The Morgan fingerprint density at radius 2 is 2.05 bits per heavy atom. The van der Waals surface area contributed by atoms with Crippen LogP contribution in [0.15, 0.2) is 28.9 Å². The monoisotopic (exact) mass is 302 g/mol. The number of nitrogens with one attached hydrogen (secondary N) is 1. The van der Waals surface area contributed by atoms with Crippen LogP contribution in [0.1, 0.15) is 30.7 Å². The van der Waals surface area contributed by atoms with Gasteiger partial charge in [-0.25, -0.2) is 4.63 Å². The molecule has 1 fully saturated rings. The number of rotatable bonds is 4. The zero-order valence-corrected chi connectivity index (χ0v) is 12.3. The van der Waals surface area contributed by atoms with Crippen LogP contribution in [0.25, 0.3) is 0 Å². The van der Waals surface area contributed by atoms with Crippen molar-refractivity contribution in [3.8, 4) is 5.75 Å². The third-order valence-corrected chi connectivity index (χ3v) is 3.96. The molecule has 0 unspecified atom stereocenters. The van der Waals surface area contributed by atoms with Gasteiger partial charge in [-0.3, -0.25) is 4.79 Å². The Morgan fingerprint density at radius 1 is 1.27 bits per heavy atom. The van der Waals surface area contributed by atoms with E-state index >= 15 is 0 Å². The largest absolute Gasteiger partial charge is 0.497 e.